The van der Waals surface area contributed by atoms with E-state index < -0.39 is 11.7 Å². The van der Waals surface area contributed by atoms with Gasteiger partial charge in [0.2, 0.25) is 0 Å². The second kappa shape index (κ2) is 6.79. The van der Waals surface area contributed by atoms with Crippen LogP contribution in [0.4, 0.5) is 13.2 Å². The number of hydrogen-bond donors (Lipinski definition) is 1. The van der Waals surface area contributed by atoms with Crippen LogP contribution in [-0.4, -0.2) is 0 Å². The van der Waals surface area contributed by atoms with Gasteiger partial charge in [0.05, 0.1) is 5.56 Å². The summed E-state index contributed by atoms with van der Waals surface area (Å²) in [5.41, 5.74) is 8.05. The molecular formula is C18H18F3N. The monoisotopic (exact) mass is 305 g/mol. The Morgan fingerprint density at radius 2 is 1.45 bits per heavy atom. The van der Waals surface area contributed by atoms with E-state index in [1.165, 1.54) is 12.1 Å². The van der Waals surface area contributed by atoms with Crippen molar-refractivity contribution in [3.8, 4) is 11.1 Å². The van der Waals surface area contributed by atoms with Gasteiger partial charge in [-0.1, -0.05) is 42.5 Å². The van der Waals surface area contributed by atoms with E-state index in [1.54, 1.807) is 0 Å². The van der Waals surface area contributed by atoms with E-state index in [0.717, 1.165) is 41.7 Å². The van der Waals surface area contributed by atoms with Crippen molar-refractivity contribution >= 4 is 0 Å². The highest BCUT2D eigenvalue weighted by atomic mass is 19.4. The quantitative estimate of drug-likeness (QED) is 0.741. The number of halogens is 3. The first-order valence-electron chi connectivity index (χ1n) is 7.06. The smallest absolute Gasteiger partial charge is 0.324 e. The molecule has 0 bridgehead atoms. The van der Waals surface area contributed by atoms with Crippen molar-refractivity contribution in [2.45, 2.75) is 25.1 Å². The topological polar surface area (TPSA) is 26.0 Å². The van der Waals surface area contributed by atoms with E-state index in [0.29, 0.717) is 0 Å². The van der Waals surface area contributed by atoms with Crippen molar-refractivity contribution in [1.82, 2.24) is 0 Å². The zero-order valence-electron chi connectivity index (χ0n) is 12.1. The molecule has 0 spiro atoms. The summed E-state index contributed by atoms with van der Waals surface area (Å²) in [5, 5.41) is 0. The molecule has 2 rings (SSSR count). The zero-order valence-corrected chi connectivity index (χ0v) is 12.1. The third-order valence-electron chi connectivity index (χ3n) is 3.57. The van der Waals surface area contributed by atoms with E-state index in [2.05, 4.69) is 6.58 Å². The zero-order chi connectivity index (χ0) is 16.2. The highest BCUT2D eigenvalue weighted by Gasteiger charge is 2.29. The average Bonchev–Trinajstić information content (AvgIpc) is 2.52. The Morgan fingerprint density at radius 1 is 0.955 bits per heavy atom. The van der Waals surface area contributed by atoms with Crippen LogP contribution in [-0.2, 0) is 6.18 Å². The Bertz CT molecular complexity index is 612. The van der Waals surface area contributed by atoms with Crippen LogP contribution in [0.1, 0.15) is 30.0 Å². The van der Waals surface area contributed by atoms with Crippen LogP contribution in [0.3, 0.4) is 0 Å². The Balaban J connectivity index is 2.15. The molecule has 0 radical (unpaired) electrons. The molecule has 0 amide bonds. The maximum absolute atomic E-state index is 12.5. The fraction of sp³-hybridized carbons (Fsp3) is 0.222. The van der Waals surface area contributed by atoms with Gasteiger partial charge in [-0.15, -0.1) is 6.58 Å². The van der Waals surface area contributed by atoms with Crippen LogP contribution in [0.5, 0.6) is 0 Å². The highest BCUT2D eigenvalue weighted by molar-refractivity contribution is 5.64. The van der Waals surface area contributed by atoms with E-state index in [9.17, 15) is 13.2 Å². The van der Waals surface area contributed by atoms with Gasteiger partial charge in [0.1, 0.15) is 0 Å². The molecule has 0 aromatic heterocycles. The second-order valence-corrected chi connectivity index (χ2v) is 5.17. The summed E-state index contributed by atoms with van der Waals surface area (Å²) in [6, 6.07) is 12.7. The lowest BCUT2D eigenvalue weighted by molar-refractivity contribution is -0.137. The van der Waals surface area contributed by atoms with E-state index >= 15 is 0 Å². The van der Waals surface area contributed by atoms with Crippen LogP contribution in [0.2, 0.25) is 0 Å². The molecule has 116 valence electrons. The summed E-state index contributed by atoms with van der Waals surface area (Å²) < 4.78 is 37.6. The first-order chi connectivity index (χ1) is 10.4. The van der Waals surface area contributed by atoms with Gasteiger partial charge in [-0.2, -0.15) is 13.2 Å². The molecule has 22 heavy (non-hydrogen) atoms. The Morgan fingerprint density at radius 3 is 1.91 bits per heavy atom. The number of hydrogen-bond acceptors (Lipinski definition) is 1. The average molecular weight is 305 g/mol. The molecule has 0 unspecified atom stereocenters. The molecule has 2 aromatic carbocycles. The molecule has 0 fully saturated rings. The Labute approximate surface area is 128 Å². The lowest BCUT2D eigenvalue weighted by Crippen LogP contribution is -2.09. The van der Waals surface area contributed by atoms with Gasteiger partial charge >= 0.3 is 6.18 Å². The molecule has 0 saturated carbocycles. The van der Waals surface area contributed by atoms with E-state index in [4.69, 9.17) is 5.73 Å². The lowest BCUT2D eigenvalue weighted by Gasteiger charge is -2.12. The fourth-order valence-electron chi connectivity index (χ4n) is 2.24. The summed E-state index contributed by atoms with van der Waals surface area (Å²) >= 11 is 0. The largest absolute Gasteiger partial charge is 0.416 e. The lowest BCUT2D eigenvalue weighted by atomic mass is 9.98. The number of alkyl halides is 3. The first-order valence-corrected chi connectivity index (χ1v) is 7.06. The predicted octanol–water partition coefficient (Wildman–Crippen LogP) is 5.34. The number of rotatable bonds is 5. The molecule has 0 aliphatic heterocycles. The van der Waals surface area contributed by atoms with Crippen LogP contribution in [0.15, 0.2) is 61.2 Å². The van der Waals surface area contributed by atoms with Crippen molar-refractivity contribution in [2.24, 2.45) is 5.73 Å². The summed E-state index contributed by atoms with van der Waals surface area (Å²) in [6.07, 6.45) is -0.804. The molecule has 2 N–H and O–H groups in total. The van der Waals surface area contributed by atoms with Gasteiger partial charge in [-0.05, 0) is 41.7 Å². The second-order valence-electron chi connectivity index (χ2n) is 5.17. The fourth-order valence-corrected chi connectivity index (χ4v) is 2.24. The molecule has 0 aliphatic rings. The van der Waals surface area contributed by atoms with Crippen molar-refractivity contribution in [1.29, 1.82) is 0 Å². The van der Waals surface area contributed by atoms with Gasteiger partial charge in [-0.3, -0.25) is 0 Å². The Kier molecular flexibility index (Phi) is 5.03. The number of benzene rings is 2. The molecule has 0 aliphatic carbocycles. The van der Waals surface area contributed by atoms with E-state index in [-0.39, 0.29) is 6.04 Å². The number of nitrogens with two attached hydrogens (primary N) is 1. The Hall–Kier alpha value is -2.07. The van der Waals surface area contributed by atoms with Gasteiger partial charge in [0.15, 0.2) is 0 Å². The first kappa shape index (κ1) is 16.3. The van der Waals surface area contributed by atoms with Gasteiger partial charge < -0.3 is 5.73 Å². The molecule has 4 heteroatoms. The third kappa shape index (κ3) is 3.98. The third-order valence-corrected chi connectivity index (χ3v) is 3.57. The summed E-state index contributed by atoms with van der Waals surface area (Å²) in [6.45, 7) is 3.67. The standard InChI is InChI=1S/C18H18F3N/c1-2-3-4-17(22)15-7-5-13(6-8-15)14-9-11-16(12-10-14)18(19,20)21/h2,5-12,17H,1,3-4,22H2/t17-/m1/s1. The van der Waals surface area contributed by atoms with Crippen molar-refractivity contribution in [2.75, 3.05) is 0 Å². The minimum Gasteiger partial charge on any atom is -0.324 e. The van der Waals surface area contributed by atoms with Gasteiger partial charge in [0.25, 0.3) is 0 Å². The molecule has 1 nitrogen and oxygen atoms in total. The normalized spacial score (nSPS) is 12.9. The van der Waals surface area contributed by atoms with Crippen LogP contribution in [0.25, 0.3) is 11.1 Å². The summed E-state index contributed by atoms with van der Waals surface area (Å²) in [7, 11) is 0. The predicted molar refractivity (Wildman–Crippen MR) is 83.2 cm³/mol. The molecule has 2 aromatic rings. The van der Waals surface area contributed by atoms with Crippen molar-refractivity contribution < 1.29 is 13.2 Å². The van der Waals surface area contributed by atoms with Gasteiger partial charge in [-0.25, -0.2) is 0 Å². The highest BCUT2D eigenvalue weighted by Crippen LogP contribution is 2.31. The van der Waals surface area contributed by atoms with Crippen LogP contribution < -0.4 is 5.73 Å². The molecule has 0 heterocycles. The minimum atomic E-state index is -4.31. The number of allylic oxidation sites excluding steroid dienone is 1. The van der Waals surface area contributed by atoms with Crippen LogP contribution >= 0.6 is 0 Å². The SMILES string of the molecule is C=CCC[C@@H](N)c1ccc(-c2ccc(C(F)(F)F)cc2)cc1. The summed E-state index contributed by atoms with van der Waals surface area (Å²) in [4.78, 5) is 0. The van der Waals surface area contributed by atoms with Crippen LogP contribution in [0, 0.1) is 0 Å². The molecule has 0 saturated heterocycles. The maximum Gasteiger partial charge on any atom is 0.416 e. The minimum absolute atomic E-state index is 0.0559. The molecular weight excluding hydrogens is 287 g/mol. The molecule has 1 atom stereocenters. The van der Waals surface area contributed by atoms with Gasteiger partial charge in [0, 0.05) is 6.04 Å². The van der Waals surface area contributed by atoms with Crippen molar-refractivity contribution in [3.63, 3.8) is 0 Å². The van der Waals surface area contributed by atoms with Crippen molar-refractivity contribution in [3.05, 3.63) is 72.3 Å². The summed E-state index contributed by atoms with van der Waals surface area (Å²) in [5.74, 6) is 0. The maximum atomic E-state index is 12.5. The van der Waals surface area contributed by atoms with E-state index in [1.807, 2.05) is 30.3 Å².